The van der Waals surface area contributed by atoms with Crippen LogP contribution in [0.4, 0.5) is 10.1 Å². The number of halogens is 3. The Bertz CT molecular complexity index is 809. The molecule has 2 aromatic carbocycles. The highest BCUT2D eigenvalue weighted by Crippen LogP contribution is 2.37. The van der Waals surface area contributed by atoms with Gasteiger partial charge in [0.05, 0.1) is 7.93 Å². The average molecular weight is 460 g/mol. The molecule has 0 atom stereocenters. The molecule has 3 rings (SSSR count). The van der Waals surface area contributed by atoms with E-state index in [0.717, 1.165) is 31.8 Å². The van der Waals surface area contributed by atoms with Gasteiger partial charge in [0.25, 0.3) is 5.91 Å². The van der Waals surface area contributed by atoms with E-state index < -0.39 is 5.82 Å². The first-order valence-electron chi connectivity index (χ1n) is 6.93. The van der Waals surface area contributed by atoms with Crippen LogP contribution in [-0.2, 0) is 4.79 Å². The number of amides is 1. The summed E-state index contributed by atoms with van der Waals surface area (Å²) < 4.78 is 14.4. The van der Waals surface area contributed by atoms with Crippen molar-refractivity contribution in [2.75, 3.05) is 11.1 Å². The van der Waals surface area contributed by atoms with Crippen LogP contribution in [-0.4, -0.2) is 11.7 Å². The topological polar surface area (TPSA) is 29.1 Å². The van der Waals surface area contributed by atoms with E-state index in [1.165, 1.54) is 6.07 Å². The molecule has 1 amide bonds. The second kappa shape index (κ2) is 7.23. The van der Waals surface area contributed by atoms with Crippen LogP contribution in [0.5, 0.6) is 0 Å². The van der Waals surface area contributed by atoms with Crippen molar-refractivity contribution in [2.24, 2.45) is 0 Å². The maximum atomic E-state index is 13.4. The molecule has 0 saturated carbocycles. The fourth-order valence-electron chi connectivity index (χ4n) is 2.34. The van der Waals surface area contributed by atoms with Crippen LogP contribution < -0.4 is 5.32 Å². The number of hydrogen-bond donors (Lipinski definition) is 1. The molecule has 2 aromatic rings. The van der Waals surface area contributed by atoms with Crippen molar-refractivity contribution in [2.45, 2.75) is 6.42 Å². The van der Waals surface area contributed by atoms with Crippen molar-refractivity contribution in [3.63, 3.8) is 0 Å². The Kier molecular flexibility index (Phi) is 5.28. The number of carbonyl (C=O) groups excluding carboxylic acids is 1. The van der Waals surface area contributed by atoms with Crippen LogP contribution in [0.1, 0.15) is 6.42 Å². The van der Waals surface area contributed by atoms with Crippen molar-refractivity contribution in [1.82, 2.24) is 0 Å². The van der Waals surface area contributed by atoms with Crippen LogP contribution in [0.15, 0.2) is 50.9 Å². The molecule has 0 radical (unpaired) electrons. The molecule has 0 spiro atoms. The van der Waals surface area contributed by atoms with E-state index in [0.29, 0.717) is 5.69 Å². The summed E-state index contributed by atoms with van der Waals surface area (Å²) in [7, 11) is 0. The lowest BCUT2D eigenvalue weighted by molar-refractivity contribution is -0.112. The lowest BCUT2D eigenvalue weighted by atomic mass is 10.0. The van der Waals surface area contributed by atoms with Crippen LogP contribution in [0.3, 0.4) is 0 Å². The molecule has 0 fully saturated rings. The van der Waals surface area contributed by atoms with Gasteiger partial charge in [-0.05, 0) is 52.8 Å². The van der Waals surface area contributed by atoms with Crippen molar-refractivity contribution in [1.29, 1.82) is 0 Å². The van der Waals surface area contributed by atoms with E-state index in [1.807, 2.05) is 24.3 Å². The van der Waals surface area contributed by atoms with Crippen LogP contribution in [0.25, 0.3) is 11.1 Å². The lowest BCUT2D eigenvalue weighted by Gasteiger charge is -2.12. The highest BCUT2D eigenvalue weighted by atomic mass is 127. The monoisotopic (exact) mass is 459 g/mol. The molecule has 1 aliphatic rings. The molecular formula is C17H12ClFINOS. The zero-order chi connectivity index (χ0) is 16.4. The summed E-state index contributed by atoms with van der Waals surface area (Å²) in [5.41, 5.74) is 3.08. The maximum Gasteiger partial charge on any atom is 0.253 e. The Morgan fingerprint density at radius 1 is 1.26 bits per heavy atom. The van der Waals surface area contributed by atoms with E-state index in [2.05, 4.69) is 27.9 Å². The van der Waals surface area contributed by atoms with Gasteiger partial charge in [0.1, 0.15) is 5.82 Å². The van der Waals surface area contributed by atoms with Gasteiger partial charge in [-0.1, -0.05) is 35.9 Å². The van der Waals surface area contributed by atoms with Crippen LogP contribution >= 0.6 is 46.0 Å². The van der Waals surface area contributed by atoms with Gasteiger partial charge in [0.15, 0.2) is 0 Å². The second-order valence-corrected chi connectivity index (χ2v) is 8.30. The summed E-state index contributed by atoms with van der Waals surface area (Å²) in [6.45, 7) is 0. The third-order valence-corrected chi connectivity index (χ3v) is 6.28. The summed E-state index contributed by atoms with van der Waals surface area (Å²) in [5, 5.41) is 3.03. The van der Waals surface area contributed by atoms with E-state index >= 15 is 0 Å². The summed E-state index contributed by atoms with van der Waals surface area (Å²) in [4.78, 5) is 12.5. The first-order valence-corrected chi connectivity index (χ1v) is 9.38. The Balaban J connectivity index is 1.93. The molecule has 6 heteroatoms. The maximum absolute atomic E-state index is 13.4. The van der Waals surface area contributed by atoms with E-state index in [4.69, 9.17) is 11.6 Å². The van der Waals surface area contributed by atoms with Gasteiger partial charge in [-0.25, -0.2) is 4.39 Å². The quantitative estimate of drug-likeness (QED) is 0.582. The van der Waals surface area contributed by atoms with Crippen molar-refractivity contribution in [3.05, 3.63) is 61.8 Å². The van der Waals surface area contributed by atoms with Gasteiger partial charge in [-0.15, -0.1) is 11.8 Å². The highest BCUT2D eigenvalue weighted by Gasteiger charge is 2.20. The number of anilines is 1. The minimum Gasteiger partial charge on any atom is -0.322 e. The zero-order valence-corrected chi connectivity index (χ0v) is 15.6. The molecule has 23 heavy (non-hydrogen) atoms. The molecule has 0 saturated heterocycles. The molecule has 0 aromatic heterocycles. The number of thioether (sulfide) groups is 1. The molecule has 0 aliphatic carbocycles. The predicted molar refractivity (Wildman–Crippen MR) is 104 cm³/mol. The van der Waals surface area contributed by atoms with E-state index in [-0.39, 0.29) is 10.9 Å². The van der Waals surface area contributed by atoms with E-state index in [9.17, 15) is 9.18 Å². The Labute approximate surface area is 156 Å². The zero-order valence-electron chi connectivity index (χ0n) is 11.9. The smallest absolute Gasteiger partial charge is 0.253 e. The minimum absolute atomic E-state index is 0.0630. The number of benzene rings is 2. The minimum atomic E-state index is -0.459. The number of para-hydroxylation sites is 1. The highest BCUT2D eigenvalue weighted by molar-refractivity contribution is 14.1. The third kappa shape index (κ3) is 3.72. The predicted octanol–water partition coefficient (Wildman–Crippen LogP) is 5.87. The fraction of sp³-hybridized carbons (Fsp3) is 0.118. The van der Waals surface area contributed by atoms with Gasteiger partial charge in [0.2, 0.25) is 0 Å². The standard InChI is InChI=1S/C17H12ClFINOS/c18-13-9-10(5-6-14(13)19)11-3-1-2-4-15(11)21-17(22)12-7-8-23-16(12)20/h1-6,9H,7-8H2,(H,21,22). The molecule has 1 N–H and O–H groups in total. The first-order chi connectivity index (χ1) is 11.1. The van der Waals surface area contributed by atoms with Crippen molar-refractivity contribution >= 4 is 57.5 Å². The van der Waals surface area contributed by atoms with Gasteiger partial charge in [0, 0.05) is 22.6 Å². The van der Waals surface area contributed by atoms with Gasteiger partial charge >= 0.3 is 0 Å². The molecule has 0 bridgehead atoms. The SMILES string of the molecule is O=C(Nc1ccccc1-c1ccc(F)c(Cl)c1)C1=C(I)SCC1. The normalized spacial score (nSPS) is 14.2. The molecule has 0 unspecified atom stereocenters. The second-order valence-electron chi connectivity index (χ2n) is 4.98. The van der Waals surface area contributed by atoms with Crippen LogP contribution in [0.2, 0.25) is 5.02 Å². The van der Waals surface area contributed by atoms with Gasteiger partial charge < -0.3 is 5.32 Å². The van der Waals surface area contributed by atoms with Crippen LogP contribution in [0, 0.1) is 5.82 Å². The fourth-order valence-corrected chi connectivity index (χ4v) is 4.55. The number of nitrogens with one attached hydrogen (secondary N) is 1. The molecule has 2 nitrogen and oxygen atoms in total. The lowest BCUT2D eigenvalue weighted by Crippen LogP contribution is -2.14. The number of rotatable bonds is 3. The summed E-state index contributed by atoms with van der Waals surface area (Å²) in [5.74, 6) is 0.399. The van der Waals surface area contributed by atoms with Crippen molar-refractivity contribution < 1.29 is 9.18 Å². The summed E-state index contributed by atoms with van der Waals surface area (Å²) in [6, 6.07) is 12.0. The number of carbonyl (C=O) groups is 1. The summed E-state index contributed by atoms with van der Waals surface area (Å²) in [6.07, 6.45) is 0.777. The van der Waals surface area contributed by atoms with Gasteiger partial charge in [-0.3, -0.25) is 4.79 Å². The van der Waals surface area contributed by atoms with Crippen molar-refractivity contribution in [3.8, 4) is 11.1 Å². The summed E-state index contributed by atoms with van der Waals surface area (Å²) >= 11 is 9.77. The average Bonchev–Trinajstić information content (AvgIpc) is 2.97. The Morgan fingerprint density at radius 3 is 2.74 bits per heavy atom. The first kappa shape index (κ1) is 16.8. The third-order valence-electron chi connectivity index (χ3n) is 3.50. The van der Waals surface area contributed by atoms with Gasteiger partial charge in [-0.2, -0.15) is 0 Å². The molecular weight excluding hydrogens is 448 g/mol. The Hall–Kier alpha value is -1.05. The molecule has 1 heterocycles. The largest absolute Gasteiger partial charge is 0.322 e. The molecule has 118 valence electrons. The number of hydrogen-bond acceptors (Lipinski definition) is 2. The molecule has 1 aliphatic heterocycles. The Morgan fingerprint density at radius 2 is 2.04 bits per heavy atom. The van der Waals surface area contributed by atoms with E-state index in [1.54, 1.807) is 23.9 Å².